The average Bonchev–Trinajstić information content (AvgIpc) is 2.89. The zero-order valence-corrected chi connectivity index (χ0v) is 15.7. The normalized spacial score (nSPS) is 25.2. The van der Waals surface area contributed by atoms with E-state index < -0.39 is 0 Å². The van der Waals surface area contributed by atoms with Gasteiger partial charge in [-0.1, -0.05) is 30.3 Å². The maximum Gasteiger partial charge on any atom is 0.166 e. The highest BCUT2D eigenvalue weighted by Gasteiger charge is 2.42. The Morgan fingerprint density at radius 3 is 2.38 bits per heavy atom. The number of nitrogens with zero attached hydrogens (tertiary/aromatic N) is 1. The van der Waals surface area contributed by atoms with E-state index >= 15 is 0 Å². The van der Waals surface area contributed by atoms with Crippen LogP contribution in [0.15, 0.2) is 48.5 Å². The van der Waals surface area contributed by atoms with Gasteiger partial charge in [-0.2, -0.15) is 0 Å². The Balaban J connectivity index is 1.47. The van der Waals surface area contributed by atoms with Gasteiger partial charge in [-0.25, -0.2) is 0 Å². The molecule has 2 aliphatic heterocycles. The van der Waals surface area contributed by atoms with Gasteiger partial charge in [-0.3, -0.25) is 9.69 Å². The van der Waals surface area contributed by atoms with Crippen LogP contribution < -0.4 is 4.74 Å². The predicted molar refractivity (Wildman–Crippen MR) is 104 cm³/mol. The van der Waals surface area contributed by atoms with Crippen LogP contribution in [0.25, 0.3) is 0 Å². The Bertz CT molecular complexity index is 772. The number of carbonyl (C=O) groups excluding carboxylic acids is 1. The Morgan fingerprint density at radius 1 is 1.08 bits per heavy atom. The number of methoxy groups -OCH3 is 1. The number of piperidine rings is 1. The van der Waals surface area contributed by atoms with E-state index in [1.54, 1.807) is 7.11 Å². The van der Waals surface area contributed by atoms with Crippen LogP contribution in [0, 0.1) is 12.8 Å². The first-order chi connectivity index (χ1) is 12.7. The number of benzene rings is 2. The molecular weight excluding hydrogens is 322 g/mol. The van der Waals surface area contributed by atoms with Crippen LogP contribution in [0.4, 0.5) is 0 Å². The van der Waals surface area contributed by atoms with Crippen molar-refractivity contribution in [3.05, 3.63) is 65.2 Å². The Hall–Kier alpha value is -2.13. The van der Waals surface area contributed by atoms with E-state index in [0.717, 1.165) is 36.3 Å². The molecule has 2 heterocycles. The predicted octanol–water partition coefficient (Wildman–Crippen LogP) is 4.63. The fourth-order valence-corrected chi connectivity index (χ4v) is 4.80. The third-order valence-electron chi connectivity index (χ3n) is 6.16. The van der Waals surface area contributed by atoms with Crippen molar-refractivity contribution in [3.63, 3.8) is 0 Å². The molecule has 2 atom stereocenters. The lowest BCUT2D eigenvalue weighted by molar-refractivity contribution is 0.0677. The van der Waals surface area contributed by atoms with E-state index in [2.05, 4.69) is 35.2 Å². The second kappa shape index (κ2) is 7.24. The highest BCUT2D eigenvalue weighted by Crippen LogP contribution is 2.41. The monoisotopic (exact) mass is 349 g/mol. The third kappa shape index (κ3) is 3.28. The highest BCUT2D eigenvalue weighted by molar-refractivity contribution is 5.99. The fraction of sp³-hybridized carbons (Fsp3) is 0.435. The lowest BCUT2D eigenvalue weighted by Gasteiger charge is -2.38. The summed E-state index contributed by atoms with van der Waals surface area (Å²) in [6.07, 6.45) is 4.44. The molecule has 0 aliphatic carbocycles. The van der Waals surface area contributed by atoms with Crippen LogP contribution in [0.3, 0.4) is 0 Å². The molecule has 0 saturated carbocycles. The summed E-state index contributed by atoms with van der Waals surface area (Å²) in [6.45, 7) is 3.02. The van der Waals surface area contributed by atoms with Crippen LogP contribution in [-0.4, -0.2) is 29.9 Å². The molecule has 2 aliphatic rings. The molecule has 3 nitrogen and oxygen atoms in total. The van der Waals surface area contributed by atoms with Gasteiger partial charge in [0.05, 0.1) is 7.11 Å². The number of aryl methyl sites for hydroxylation is 1. The summed E-state index contributed by atoms with van der Waals surface area (Å²) in [6, 6.07) is 17.6. The van der Waals surface area contributed by atoms with Crippen LogP contribution in [0.2, 0.25) is 0 Å². The average molecular weight is 349 g/mol. The van der Waals surface area contributed by atoms with Crippen molar-refractivity contribution in [2.75, 3.05) is 7.11 Å². The van der Waals surface area contributed by atoms with Crippen LogP contribution in [-0.2, 0) is 6.54 Å². The molecule has 2 aromatic carbocycles. The van der Waals surface area contributed by atoms with Crippen molar-refractivity contribution in [2.45, 2.75) is 51.2 Å². The number of ether oxygens (including phenoxy) is 1. The minimum absolute atomic E-state index is 0.159. The quantitative estimate of drug-likeness (QED) is 0.737. The summed E-state index contributed by atoms with van der Waals surface area (Å²) >= 11 is 0. The topological polar surface area (TPSA) is 29.5 Å². The van der Waals surface area contributed by atoms with E-state index in [4.69, 9.17) is 4.74 Å². The highest BCUT2D eigenvalue weighted by atomic mass is 16.5. The number of hydrogen-bond acceptors (Lipinski definition) is 3. The molecule has 0 amide bonds. The largest absolute Gasteiger partial charge is 0.497 e. The van der Waals surface area contributed by atoms with E-state index in [9.17, 15) is 4.79 Å². The van der Waals surface area contributed by atoms with Crippen molar-refractivity contribution in [3.8, 4) is 5.75 Å². The van der Waals surface area contributed by atoms with E-state index in [0.29, 0.717) is 17.9 Å². The number of fused-ring (bicyclic) bond motifs is 2. The molecule has 0 radical (unpaired) electrons. The number of carbonyl (C=O) groups is 1. The van der Waals surface area contributed by atoms with Crippen molar-refractivity contribution in [1.29, 1.82) is 0 Å². The van der Waals surface area contributed by atoms with Crippen LogP contribution in [0.5, 0.6) is 5.75 Å². The number of rotatable bonds is 5. The number of Topliss-reactive ketones (excluding diaryl/α,β-unsaturated/α-hetero) is 1. The first kappa shape index (κ1) is 17.3. The van der Waals surface area contributed by atoms with E-state index in [1.165, 1.54) is 18.4 Å². The van der Waals surface area contributed by atoms with Gasteiger partial charge in [0.2, 0.25) is 0 Å². The Labute approximate surface area is 156 Å². The van der Waals surface area contributed by atoms with Gasteiger partial charge < -0.3 is 4.74 Å². The molecule has 0 spiro atoms. The van der Waals surface area contributed by atoms with Gasteiger partial charge in [-0.15, -0.1) is 0 Å². The molecule has 0 aromatic heterocycles. The second-order valence-electron chi connectivity index (χ2n) is 7.76. The summed E-state index contributed by atoms with van der Waals surface area (Å²) in [4.78, 5) is 15.8. The third-order valence-corrected chi connectivity index (χ3v) is 6.16. The molecular formula is C23H27NO2. The van der Waals surface area contributed by atoms with E-state index in [1.807, 2.05) is 25.1 Å². The summed E-state index contributed by atoms with van der Waals surface area (Å²) in [5, 5.41) is 0. The standard InChI is InChI=1S/C23H27NO2/c1-16-12-21(26-2)10-11-22(16)23(25)18-13-19-8-9-20(14-18)24(19)15-17-6-4-3-5-7-17/h3-7,10-12,18-20H,8-9,13-15H2,1-2H3. The molecule has 2 saturated heterocycles. The van der Waals surface area contributed by atoms with Gasteiger partial charge in [0.25, 0.3) is 0 Å². The second-order valence-corrected chi connectivity index (χ2v) is 7.76. The maximum absolute atomic E-state index is 13.1. The molecule has 136 valence electrons. The van der Waals surface area contributed by atoms with Crippen molar-refractivity contribution >= 4 is 5.78 Å². The van der Waals surface area contributed by atoms with Gasteiger partial charge >= 0.3 is 0 Å². The number of hydrogen-bond donors (Lipinski definition) is 0. The lowest BCUT2D eigenvalue weighted by atomic mass is 9.83. The van der Waals surface area contributed by atoms with Gasteiger partial charge in [0.1, 0.15) is 5.75 Å². The number of ketones is 1. The molecule has 2 unspecified atom stereocenters. The van der Waals surface area contributed by atoms with Gasteiger partial charge in [-0.05, 0) is 61.9 Å². The first-order valence-corrected chi connectivity index (χ1v) is 9.64. The maximum atomic E-state index is 13.1. The minimum atomic E-state index is 0.159. The SMILES string of the molecule is COc1ccc(C(=O)C2CC3CCC(C2)N3Cc2ccccc2)c(C)c1. The molecule has 3 heteroatoms. The van der Waals surface area contributed by atoms with Crippen LogP contribution in [0.1, 0.15) is 47.2 Å². The molecule has 26 heavy (non-hydrogen) atoms. The lowest BCUT2D eigenvalue weighted by Crippen LogP contribution is -2.44. The fourth-order valence-electron chi connectivity index (χ4n) is 4.80. The minimum Gasteiger partial charge on any atom is -0.497 e. The molecule has 2 bridgehead atoms. The zero-order valence-electron chi connectivity index (χ0n) is 15.7. The molecule has 2 aromatic rings. The van der Waals surface area contributed by atoms with Crippen molar-refractivity contribution in [2.24, 2.45) is 5.92 Å². The van der Waals surface area contributed by atoms with Gasteiger partial charge in [0, 0.05) is 30.1 Å². The van der Waals surface area contributed by atoms with E-state index in [-0.39, 0.29) is 5.92 Å². The van der Waals surface area contributed by atoms with Crippen molar-refractivity contribution < 1.29 is 9.53 Å². The molecule has 0 N–H and O–H groups in total. The van der Waals surface area contributed by atoms with Crippen LogP contribution >= 0.6 is 0 Å². The summed E-state index contributed by atoms with van der Waals surface area (Å²) in [7, 11) is 1.66. The first-order valence-electron chi connectivity index (χ1n) is 9.64. The molecule has 2 fully saturated rings. The zero-order chi connectivity index (χ0) is 18.1. The smallest absolute Gasteiger partial charge is 0.166 e. The Kier molecular flexibility index (Phi) is 4.82. The van der Waals surface area contributed by atoms with Crippen molar-refractivity contribution in [1.82, 2.24) is 4.90 Å². The van der Waals surface area contributed by atoms with Gasteiger partial charge in [0.15, 0.2) is 5.78 Å². The summed E-state index contributed by atoms with van der Waals surface area (Å²) in [5.74, 6) is 1.30. The summed E-state index contributed by atoms with van der Waals surface area (Å²) < 4.78 is 5.27. The molecule has 4 rings (SSSR count). The summed E-state index contributed by atoms with van der Waals surface area (Å²) in [5.41, 5.74) is 3.26. The Morgan fingerprint density at radius 2 is 1.77 bits per heavy atom.